The van der Waals surface area contributed by atoms with Crippen LogP contribution in [0.5, 0.6) is 5.75 Å². The highest BCUT2D eigenvalue weighted by Gasteiger charge is 2.10. The minimum Gasteiger partial charge on any atom is -0.496 e. The molecule has 3 rings (SSSR count). The Kier molecular flexibility index (Phi) is 3.13. The predicted molar refractivity (Wildman–Crippen MR) is 80.4 cm³/mol. The molecule has 100 valence electrons. The van der Waals surface area contributed by atoms with Gasteiger partial charge in [0.25, 0.3) is 0 Å². The highest BCUT2D eigenvalue weighted by molar-refractivity contribution is 5.74. The number of ether oxygens (including phenoxy) is 1. The highest BCUT2D eigenvalue weighted by Crippen LogP contribution is 2.32. The standard InChI is InChI=1S/C16H15N3O/c1-20-16-8-7-12(17)9-13(16)15-10-14(18-19-15)11-5-3-2-4-6-11/h2-10H,17H2,1H3,(H,18,19). The predicted octanol–water partition coefficient (Wildman–Crippen LogP) is 3.33. The van der Waals surface area contributed by atoms with Crippen LogP contribution in [0.3, 0.4) is 0 Å². The molecule has 1 aromatic heterocycles. The molecule has 1 heterocycles. The van der Waals surface area contributed by atoms with Crippen molar-refractivity contribution in [3.8, 4) is 28.3 Å². The zero-order valence-electron chi connectivity index (χ0n) is 11.1. The first-order valence-electron chi connectivity index (χ1n) is 6.32. The molecule has 0 atom stereocenters. The molecule has 0 saturated heterocycles. The number of nitrogens with one attached hydrogen (secondary N) is 1. The van der Waals surface area contributed by atoms with Crippen LogP contribution in [-0.2, 0) is 0 Å². The first kappa shape index (κ1) is 12.3. The molecular weight excluding hydrogens is 250 g/mol. The molecule has 0 aliphatic heterocycles. The molecule has 0 amide bonds. The Morgan fingerprint density at radius 2 is 1.85 bits per heavy atom. The first-order valence-corrected chi connectivity index (χ1v) is 6.32. The summed E-state index contributed by atoms with van der Waals surface area (Å²) in [6.45, 7) is 0. The zero-order chi connectivity index (χ0) is 13.9. The van der Waals surface area contributed by atoms with Gasteiger partial charge in [0, 0.05) is 16.8 Å². The van der Waals surface area contributed by atoms with Gasteiger partial charge in [0.1, 0.15) is 5.75 Å². The maximum Gasteiger partial charge on any atom is 0.128 e. The molecule has 2 aromatic carbocycles. The van der Waals surface area contributed by atoms with E-state index >= 15 is 0 Å². The Labute approximate surface area is 117 Å². The van der Waals surface area contributed by atoms with Crippen molar-refractivity contribution in [2.24, 2.45) is 0 Å². The summed E-state index contributed by atoms with van der Waals surface area (Å²) in [5, 5.41) is 7.38. The summed E-state index contributed by atoms with van der Waals surface area (Å²) < 4.78 is 5.37. The van der Waals surface area contributed by atoms with Gasteiger partial charge in [-0.2, -0.15) is 5.10 Å². The second kappa shape index (κ2) is 5.09. The van der Waals surface area contributed by atoms with Gasteiger partial charge in [-0.1, -0.05) is 30.3 Å². The van der Waals surface area contributed by atoms with Crippen molar-refractivity contribution < 1.29 is 4.74 Å². The molecule has 3 N–H and O–H groups in total. The Morgan fingerprint density at radius 1 is 1.05 bits per heavy atom. The van der Waals surface area contributed by atoms with Crippen LogP contribution in [0.4, 0.5) is 5.69 Å². The molecule has 0 bridgehead atoms. The van der Waals surface area contributed by atoms with Crippen molar-refractivity contribution >= 4 is 5.69 Å². The molecule has 0 radical (unpaired) electrons. The Hall–Kier alpha value is -2.75. The van der Waals surface area contributed by atoms with Gasteiger partial charge in [-0.25, -0.2) is 0 Å². The molecule has 0 unspecified atom stereocenters. The number of nitrogens with zero attached hydrogens (tertiary/aromatic N) is 1. The van der Waals surface area contributed by atoms with Gasteiger partial charge in [-0.15, -0.1) is 0 Å². The monoisotopic (exact) mass is 265 g/mol. The van der Waals surface area contributed by atoms with E-state index in [9.17, 15) is 0 Å². The largest absolute Gasteiger partial charge is 0.496 e. The summed E-state index contributed by atoms with van der Waals surface area (Å²) in [5.74, 6) is 0.766. The average Bonchev–Trinajstić information content (AvgIpc) is 2.98. The van der Waals surface area contributed by atoms with Crippen molar-refractivity contribution in [2.75, 3.05) is 12.8 Å². The van der Waals surface area contributed by atoms with Crippen LogP contribution < -0.4 is 10.5 Å². The molecule has 0 aliphatic carbocycles. The maximum absolute atomic E-state index is 5.85. The smallest absolute Gasteiger partial charge is 0.128 e. The number of aromatic nitrogens is 2. The van der Waals surface area contributed by atoms with Crippen LogP contribution in [0.1, 0.15) is 0 Å². The summed E-state index contributed by atoms with van der Waals surface area (Å²) in [6.07, 6.45) is 0. The van der Waals surface area contributed by atoms with Gasteiger partial charge in [0.2, 0.25) is 0 Å². The summed E-state index contributed by atoms with van der Waals surface area (Å²) in [7, 11) is 1.64. The lowest BCUT2D eigenvalue weighted by Crippen LogP contribution is -1.91. The SMILES string of the molecule is COc1ccc(N)cc1-c1cc(-c2ccccc2)n[nH]1. The summed E-state index contributed by atoms with van der Waals surface area (Å²) >= 11 is 0. The van der Waals surface area contributed by atoms with Crippen LogP contribution >= 0.6 is 0 Å². The molecule has 4 nitrogen and oxygen atoms in total. The first-order chi connectivity index (χ1) is 9.78. The van der Waals surface area contributed by atoms with Gasteiger partial charge in [-0.3, -0.25) is 5.10 Å². The molecule has 3 aromatic rings. The second-order valence-corrected chi connectivity index (χ2v) is 4.49. The summed E-state index contributed by atoms with van der Waals surface area (Å²) in [5.41, 5.74) is 10.3. The number of benzene rings is 2. The van der Waals surface area contributed by atoms with Crippen molar-refractivity contribution in [3.63, 3.8) is 0 Å². The van der Waals surface area contributed by atoms with Crippen molar-refractivity contribution in [1.82, 2.24) is 10.2 Å². The number of hydrogen-bond donors (Lipinski definition) is 2. The van der Waals surface area contributed by atoms with E-state index in [1.54, 1.807) is 7.11 Å². The van der Waals surface area contributed by atoms with Gasteiger partial charge < -0.3 is 10.5 Å². The quantitative estimate of drug-likeness (QED) is 0.714. The van der Waals surface area contributed by atoms with Crippen LogP contribution in [0.25, 0.3) is 22.5 Å². The molecule has 4 heteroatoms. The van der Waals surface area contributed by atoms with Gasteiger partial charge in [0.05, 0.1) is 18.5 Å². The number of aromatic amines is 1. The lowest BCUT2D eigenvalue weighted by Gasteiger charge is -2.07. The van der Waals surface area contributed by atoms with Crippen LogP contribution in [0.15, 0.2) is 54.6 Å². The van der Waals surface area contributed by atoms with E-state index in [2.05, 4.69) is 10.2 Å². The molecular formula is C16H15N3O. The van der Waals surface area contributed by atoms with Gasteiger partial charge in [-0.05, 0) is 24.3 Å². The Bertz CT molecular complexity index is 720. The molecule has 0 aliphatic rings. The molecule has 20 heavy (non-hydrogen) atoms. The van der Waals surface area contributed by atoms with E-state index in [-0.39, 0.29) is 0 Å². The summed E-state index contributed by atoms with van der Waals surface area (Å²) in [4.78, 5) is 0. The highest BCUT2D eigenvalue weighted by atomic mass is 16.5. The van der Waals surface area contributed by atoms with Crippen molar-refractivity contribution in [2.45, 2.75) is 0 Å². The number of methoxy groups -OCH3 is 1. The topological polar surface area (TPSA) is 63.9 Å². The summed E-state index contributed by atoms with van der Waals surface area (Å²) in [6, 6.07) is 17.6. The third-order valence-electron chi connectivity index (χ3n) is 3.16. The Balaban J connectivity index is 2.04. The lowest BCUT2D eigenvalue weighted by atomic mass is 10.1. The number of nitrogens with two attached hydrogens (primary N) is 1. The normalized spacial score (nSPS) is 10.4. The van der Waals surface area contributed by atoms with Gasteiger partial charge in [0.15, 0.2) is 0 Å². The number of H-pyrrole nitrogens is 1. The fourth-order valence-electron chi connectivity index (χ4n) is 2.15. The van der Waals surface area contributed by atoms with E-state index in [0.717, 1.165) is 28.3 Å². The third kappa shape index (κ3) is 2.23. The van der Waals surface area contributed by atoms with E-state index in [0.29, 0.717) is 5.69 Å². The van der Waals surface area contributed by atoms with Crippen molar-refractivity contribution in [3.05, 3.63) is 54.6 Å². The minimum absolute atomic E-state index is 0.691. The van der Waals surface area contributed by atoms with E-state index in [4.69, 9.17) is 10.5 Å². The number of hydrogen-bond acceptors (Lipinski definition) is 3. The van der Waals surface area contributed by atoms with Crippen LogP contribution in [-0.4, -0.2) is 17.3 Å². The molecule has 0 fully saturated rings. The lowest BCUT2D eigenvalue weighted by molar-refractivity contribution is 0.416. The van der Waals surface area contributed by atoms with Gasteiger partial charge >= 0.3 is 0 Å². The fourth-order valence-corrected chi connectivity index (χ4v) is 2.15. The second-order valence-electron chi connectivity index (χ2n) is 4.49. The van der Waals surface area contributed by atoms with E-state index < -0.39 is 0 Å². The zero-order valence-corrected chi connectivity index (χ0v) is 11.1. The van der Waals surface area contributed by atoms with E-state index in [1.807, 2.05) is 54.6 Å². The molecule has 0 saturated carbocycles. The van der Waals surface area contributed by atoms with Crippen molar-refractivity contribution in [1.29, 1.82) is 0 Å². The minimum atomic E-state index is 0.691. The van der Waals surface area contributed by atoms with E-state index in [1.165, 1.54) is 0 Å². The number of nitrogen functional groups attached to an aromatic ring is 1. The Morgan fingerprint density at radius 3 is 2.60 bits per heavy atom. The van der Waals surface area contributed by atoms with Crippen LogP contribution in [0.2, 0.25) is 0 Å². The molecule has 0 spiro atoms. The van der Waals surface area contributed by atoms with Crippen LogP contribution in [0, 0.1) is 0 Å². The number of rotatable bonds is 3. The maximum atomic E-state index is 5.85. The fraction of sp³-hybridized carbons (Fsp3) is 0.0625. The number of anilines is 1. The third-order valence-corrected chi connectivity index (χ3v) is 3.16. The average molecular weight is 265 g/mol.